The first-order chi connectivity index (χ1) is 15.1. The summed E-state index contributed by atoms with van der Waals surface area (Å²) in [5.41, 5.74) is 3.35. The molecule has 1 atom stereocenters. The average molecular weight is 454 g/mol. The third-order valence-electron chi connectivity index (χ3n) is 5.71. The Morgan fingerprint density at radius 1 is 1.25 bits per heavy atom. The zero-order chi connectivity index (χ0) is 21.8. The molecule has 3 heterocycles. The normalized spacial score (nSPS) is 15.9. The Morgan fingerprint density at radius 2 is 2.09 bits per heavy atom. The van der Waals surface area contributed by atoms with Gasteiger partial charge in [-0.3, -0.25) is 10.00 Å². The van der Waals surface area contributed by atoms with Gasteiger partial charge in [0.15, 0.2) is 11.5 Å². The molecule has 1 aliphatic rings. The predicted molar refractivity (Wildman–Crippen MR) is 126 cm³/mol. The number of ether oxygens (including phenoxy) is 1. The summed E-state index contributed by atoms with van der Waals surface area (Å²) >= 11 is 0. The van der Waals surface area contributed by atoms with E-state index in [0.717, 1.165) is 23.4 Å². The lowest BCUT2D eigenvalue weighted by atomic mass is 10.00. The molecule has 3 aromatic rings. The number of anilines is 2. The molecule has 4 rings (SSSR count). The topological polar surface area (TPSA) is 103 Å². The summed E-state index contributed by atoms with van der Waals surface area (Å²) in [6.07, 6.45) is 6.47. The van der Waals surface area contributed by atoms with Crippen LogP contribution in [0.1, 0.15) is 37.9 Å². The van der Waals surface area contributed by atoms with Crippen molar-refractivity contribution in [3.05, 3.63) is 47.9 Å². The third kappa shape index (κ3) is 5.18. The van der Waals surface area contributed by atoms with Gasteiger partial charge in [-0.15, -0.1) is 12.4 Å². The van der Waals surface area contributed by atoms with Gasteiger partial charge in [0.05, 0.1) is 25.2 Å². The van der Waals surface area contributed by atoms with E-state index < -0.39 is 0 Å². The molecule has 0 amide bonds. The number of halogens is 1. The molecular formula is C23H28ClN7O. The lowest BCUT2D eigenvalue weighted by Crippen LogP contribution is -2.36. The number of rotatable bonds is 7. The largest absolute Gasteiger partial charge is 0.496 e. The Balaban J connectivity index is 0.00000289. The minimum atomic E-state index is 0. The molecular weight excluding hydrogens is 426 g/mol. The molecule has 0 saturated carbocycles. The maximum absolute atomic E-state index is 8.83. The van der Waals surface area contributed by atoms with Crippen LogP contribution in [0.3, 0.4) is 0 Å². The van der Waals surface area contributed by atoms with Crippen molar-refractivity contribution < 1.29 is 4.74 Å². The molecule has 1 fully saturated rings. The van der Waals surface area contributed by atoms with Crippen LogP contribution in [-0.4, -0.2) is 50.8 Å². The minimum Gasteiger partial charge on any atom is -0.496 e. The maximum Gasteiger partial charge on any atom is 0.158 e. The van der Waals surface area contributed by atoms with Crippen LogP contribution in [-0.2, 0) is 6.42 Å². The molecule has 32 heavy (non-hydrogen) atoms. The first kappa shape index (κ1) is 23.5. The van der Waals surface area contributed by atoms with E-state index in [1.165, 1.54) is 37.3 Å². The third-order valence-corrected chi connectivity index (χ3v) is 5.71. The fourth-order valence-electron chi connectivity index (χ4n) is 4.22. The summed E-state index contributed by atoms with van der Waals surface area (Å²) in [4.78, 5) is 10.8. The lowest BCUT2D eigenvalue weighted by molar-refractivity contribution is 0.202. The van der Waals surface area contributed by atoms with E-state index in [-0.39, 0.29) is 18.1 Å². The lowest BCUT2D eigenvalue weighted by Gasteiger charge is -2.28. The second kappa shape index (κ2) is 10.4. The highest BCUT2D eigenvalue weighted by Gasteiger charge is 2.26. The summed E-state index contributed by atoms with van der Waals surface area (Å²) in [7, 11) is 1.69. The van der Waals surface area contributed by atoms with Crippen molar-refractivity contribution in [2.24, 2.45) is 0 Å². The predicted octanol–water partition coefficient (Wildman–Crippen LogP) is 4.33. The molecule has 2 N–H and O–H groups in total. The van der Waals surface area contributed by atoms with Crippen molar-refractivity contribution in [1.29, 1.82) is 5.26 Å². The highest BCUT2D eigenvalue weighted by molar-refractivity contribution is 5.85. The Kier molecular flexibility index (Phi) is 7.67. The number of nitrogens with zero attached hydrogens (tertiary/aromatic N) is 5. The van der Waals surface area contributed by atoms with E-state index in [0.29, 0.717) is 23.7 Å². The van der Waals surface area contributed by atoms with E-state index in [1.807, 2.05) is 12.1 Å². The van der Waals surface area contributed by atoms with Gasteiger partial charge in [0.2, 0.25) is 0 Å². The first-order valence-corrected chi connectivity index (χ1v) is 10.5. The molecule has 168 valence electrons. The number of aromatic amines is 1. The van der Waals surface area contributed by atoms with Gasteiger partial charge in [-0.25, -0.2) is 9.97 Å². The van der Waals surface area contributed by atoms with Crippen molar-refractivity contribution >= 4 is 24.0 Å². The maximum atomic E-state index is 8.83. The second-order valence-corrected chi connectivity index (χ2v) is 8.06. The van der Waals surface area contributed by atoms with Crippen LogP contribution in [0.4, 0.5) is 11.6 Å². The van der Waals surface area contributed by atoms with Gasteiger partial charge < -0.3 is 10.1 Å². The van der Waals surface area contributed by atoms with Crippen molar-refractivity contribution in [2.45, 2.75) is 45.2 Å². The zero-order valence-corrected chi connectivity index (χ0v) is 19.3. The molecule has 0 radical (unpaired) electrons. The van der Waals surface area contributed by atoms with Crippen LogP contribution in [0.25, 0.3) is 11.3 Å². The van der Waals surface area contributed by atoms with Crippen LogP contribution in [0.15, 0.2) is 36.7 Å². The van der Waals surface area contributed by atoms with Crippen LogP contribution in [0, 0.1) is 11.3 Å². The molecule has 1 aromatic carbocycles. The smallest absolute Gasteiger partial charge is 0.158 e. The van der Waals surface area contributed by atoms with Crippen LogP contribution in [0.2, 0.25) is 0 Å². The molecule has 8 nitrogen and oxygen atoms in total. The van der Waals surface area contributed by atoms with Gasteiger partial charge in [0.25, 0.3) is 0 Å². The quantitative estimate of drug-likeness (QED) is 0.548. The van der Waals surface area contributed by atoms with E-state index in [9.17, 15) is 0 Å². The minimum absolute atomic E-state index is 0. The van der Waals surface area contributed by atoms with Crippen LogP contribution in [0.5, 0.6) is 5.75 Å². The van der Waals surface area contributed by atoms with Gasteiger partial charge in [-0.1, -0.05) is 6.07 Å². The van der Waals surface area contributed by atoms with Gasteiger partial charge in [0.1, 0.15) is 17.6 Å². The van der Waals surface area contributed by atoms with E-state index >= 15 is 0 Å². The molecule has 2 aromatic heterocycles. The number of aromatic nitrogens is 4. The number of hydrogen-bond acceptors (Lipinski definition) is 7. The molecule has 0 spiro atoms. The standard InChI is InChI=1S/C23H27N7O.ClH/c1-15(2)30-8-4-5-18(30)9-16-6-7-19(21(10-16)31-3)20-11-22(29-28-20)27-23-14-25-17(12-24)13-26-23;/h6-7,10-11,13-15,18H,4-5,8-9H2,1-3H3,(H2,26,27,28,29);1H/t18-;/m0./s1. The molecule has 0 bridgehead atoms. The van der Waals surface area contributed by atoms with Crippen LogP contribution < -0.4 is 10.1 Å². The fourth-order valence-corrected chi connectivity index (χ4v) is 4.22. The summed E-state index contributed by atoms with van der Waals surface area (Å²) in [6.45, 7) is 5.73. The number of nitriles is 1. The van der Waals surface area contributed by atoms with Crippen molar-refractivity contribution in [1.82, 2.24) is 25.1 Å². The van der Waals surface area contributed by atoms with E-state index in [4.69, 9.17) is 10.00 Å². The van der Waals surface area contributed by atoms with Gasteiger partial charge in [-0.2, -0.15) is 10.4 Å². The average Bonchev–Trinajstić information content (AvgIpc) is 3.44. The molecule has 9 heteroatoms. The van der Waals surface area contributed by atoms with Crippen molar-refractivity contribution in [3.63, 3.8) is 0 Å². The highest BCUT2D eigenvalue weighted by Crippen LogP contribution is 2.32. The van der Waals surface area contributed by atoms with E-state index in [1.54, 1.807) is 7.11 Å². The Labute approximate surface area is 194 Å². The number of likely N-dealkylation sites (tertiary alicyclic amines) is 1. The molecule has 1 aliphatic heterocycles. The Bertz CT molecular complexity index is 1070. The monoisotopic (exact) mass is 453 g/mol. The molecule has 0 aliphatic carbocycles. The number of H-pyrrole nitrogens is 1. The summed E-state index contributed by atoms with van der Waals surface area (Å²) in [5.74, 6) is 1.95. The van der Waals surface area contributed by atoms with Crippen molar-refractivity contribution in [3.8, 4) is 23.1 Å². The highest BCUT2D eigenvalue weighted by atomic mass is 35.5. The SMILES string of the molecule is COc1cc(C[C@@H]2CCCN2C(C)C)ccc1-c1cc(Nc2cnc(C#N)cn2)n[nH]1.Cl. The Morgan fingerprint density at radius 3 is 2.78 bits per heavy atom. The van der Waals surface area contributed by atoms with Crippen LogP contribution >= 0.6 is 12.4 Å². The summed E-state index contributed by atoms with van der Waals surface area (Å²) in [6, 6.07) is 11.4. The number of benzene rings is 1. The Hall–Kier alpha value is -3.15. The summed E-state index contributed by atoms with van der Waals surface area (Å²) in [5, 5.41) is 19.3. The molecule has 0 unspecified atom stereocenters. The number of nitrogens with one attached hydrogen (secondary N) is 2. The number of methoxy groups -OCH3 is 1. The summed E-state index contributed by atoms with van der Waals surface area (Å²) < 4.78 is 5.70. The van der Waals surface area contributed by atoms with Gasteiger partial charge in [-0.05, 0) is 57.4 Å². The molecule has 1 saturated heterocycles. The second-order valence-electron chi connectivity index (χ2n) is 8.06. The van der Waals surface area contributed by atoms with Gasteiger partial charge >= 0.3 is 0 Å². The van der Waals surface area contributed by atoms with Crippen molar-refractivity contribution in [2.75, 3.05) is 19.0 Å². The number of hydrogen-bond donors (Lipinski definition) is 2. The van der Waals surface area contributed by atoms with E-state index in [2.05, 4.69) is 62.4 Å². The van der Waals surface area contributed by atoms with Gasteiger partial charge in [0, 0.05) is 23.7 Å². The zero-order valence-electron chi connectivity index (χ0n) is 18.5. The fraction of sp³-hybridized carbons (Fsp3) is 0.391. The first-order valence-electron chi connectivity index (χ1n) is 10.5.